The number of nitrogens with two attached hydrogens (primary N) is 1. The van der Waals surface area contributed by atoms with Crippen molar-refractivity contribution in [2.45, 2.75) is 168 Å². The van der Waals surface area contributed by atoms with Gasteiger partial charge in [0.05, 0.1) is 20.7 Å². The lowest BCUT2D eigenvalue weighted by Gasteiger charge is -2.37. The Balaban J connectivity index is 4.00. The lowest BCUT2D eigenvalue weighted by Crippen LogP contribution is -2.57. The Kier molecular flexibility index (Phi) is 29.3. The molecule has 2 unspecified atom stereocenters. The summed E-state index contributed by atoms with van der Waals surface area (Å²) in [4.78, 5) is 0. The molecule has 40 heavy (non-hydrogen) atoms. The normalized spacial score (nSPS) is 14.1. The third-order valence-electron chi connectivity index (χ3n) is 8.10. The van der Waals surface area contributed by atoms with E-state index < -0.39 is 0 Å². The van der Waals surface area contributed by atoms with E-state index in [9.17, 15) is 0 Å². The molecule has 0 aliphatic heterocycles. The molecule has 0 aliphatic rings. The molecule has 4 heteroatoms. The Morgan fingerprint density at radius 3 is 1.48 bits per heavy atom. The molecule has 0 fully saturated rings. The minimum absolute atomic E-state index is 0.123. The van der Waals surface area contributed by atoms with E-state index in [4.69, 9.17) is 15.2 Å². The van der Waals surface area contributed by atoms with Crippen molar-refractivity contribution in [1.82, 2.24) is 0 Å². The molecule has 0 amide bonds. The highest BCUT2D eigenvalue weighted by Gasteiger charge is 2.28. The van der Waals surface area contributed by atoms with Crippen LogP contribution in [0.3, 0.4) is 0 Å². The zero-order valence-corrected chi connectivity index (χ0v) is 28.0. The summed E-state index contributed by atoms with van der Waals surface area (Å²) in [7, 11) is 4.45. The number of allylic oxidation sites excluding steroid dienone is 4. The molecule has 2 N–H and O–H groups in total. The molecule has 4 nitrogen and oxygen atoms in total. The van der Waals surface area contributed by atoms with Crippen LogP contribution < -0.4 is 5.73 Å². The van der Waals surface area contributed by atoms with E-state index in [1.165, 1.54) is 116 Å². The molecule has 0 radical (unpaired) electrons. The zero-order valence-electron chi connectivity index (χ0n) is 28.0. The largest absolute Gasteiger partial charge is 0.379 e. The number of rotatable bonds is 31. The minimum Gasteiger partial charge on any atom is -0.379 e. The van der Waals surface area contributed by atoms with Gasteiger partial charge in [0.25, 0.3) is 0 Å². The Hall–Kier alpha value is -0.680. The van der Waals surface area contributed by atoms with Crippen LogP contribution in [0.2, 0.25) is 0 Å². The first-order valence-electron chi connectivity index (χ1n) is 17.5. The fourth-order valence-corrected chi connectivity index (χ4v) is 5.13. The topological polar surface area (TPSA) is 44.5 Å². The molecule has 0 bridgehead atoms. The third kappa shape index (κ3) is 26.2. The predicted octanol–water partition coefficient (Wildman–Crippen LogP) is 10.1. The van der Waals surface area contributed by atoms with Gasteiger partial charge in [-0.25, -0.2) is 0 Å². The van der Waals surface area contributed by atoms with Crippen molar-refractivity contribution in [3.63, 3.8) is 0 Å². The third-order valence-corrected chi connectivity index (χ3v) is 8.10. The number of likely N-dealkylation sites (N-methyl/N-ethyl adjacent to an activating group) is 1. The summed E-state index contributed by atoms with van der Waals surface area (Å²) in [5.74, 6) is 0. The maximum atomic E-state index is 6.42. The van der Waals surface area contributed by atoms with Crippen LogP contribution in [0.4, 0.5) is 0 Å². The molecule has 0 heterocycles. The summed E-state index contributed by atoms with van der Waals surface area (Å²) in [5, 5.41) is 0. The Morgan fingerprint density at radius 2 is 1.00 bits per heavy atom. The second kappa shape index (κ2) is 29.8. The van der Waals surface area contributed by atoms with Crippen molar-refractivity contribution in [3.8, 4) is 0 Å². The fourth-order valence-electron chi connectivity index (χ4n) is 5.13. The number of nitrogens with zero attached hydrogens (tertiary/aromatic N) is 1. The van der Waals surface area contributed by atoms with Crippen LogP contribution in [0.15, 0.2) is 24.3 Å². The maximum absolute atomic E-state index is 6.42. The van der Waals surface area contributed by atoms with Crippen LogP contribution in [0, 0.1) is 0 Å². The van der Waals surface area contributed by atoms with E-state index in [1.54, 1.807) is 0 Å². The van der Waals surface area contributed by atoms with Gasteiger partial charge in [0, 0.05) is 19.6 Å². The van der Waals surface area contributed by atoms with Crippen LogP contribution in [0.25, 0.3) is 0 Å². The van der Waals surface area contributed by atoms with E-state index in [0.29, 0.717) is 6.61 Å². The molecule has 0 rings (SSSR count). The van der Waals surface area contributed by atoms with Gasteiger partial charge in [-0.05, 0) is 51.4 Å². The average Bonchev–Trinajstić information content (AvgIpc) is 2.94. The van der Waals surface area contributed by atoms with Gasteiger partial charge >= 0.3 is 0 Å². The molecule has 0 aromatic carbocycles. The van der Waals surface area contributed by atoms with E-state index in [1.807, 2.05) is 0 Å². The van der Waals surface area contributed by atoms with Crippen LogP contribution >= 0.6 is 0 Å². The van der Waals surface area contributed by atoms with Crippen molar-refractivity contribution in [1.29, 1.82) is 0 Å². The fraction of sp³-hybridized carbons (Fsp3) is 0.889. The van der Waals surface area contributed by atoms with Gasteiger partial charge in [-0.2, -0.15) is 0 Å². The molecule has 0 aliphatic carbocycles. The monoisotopic (exact) mass is 566 g/mol. The van der Waals surface area contributed by atoms with Crippen LogP contribution in [-0.4, -0.2) is 57.2 Å². The zero-order chi connectivity index (χ0) is 29.6. The van der Waals surface area contributed by atoms with Gasteiger partial charge in [0.2, 0.25) is 0 Å². The summed E-state index contributed by atoms with van der Waals surface area (Å²) in [5.41, 5.74) is 6.42. The number of hydrogen-bond donors (Lipinski definition) is 1. The van der Waals surface area contributed by atoms with Crippen molar-refractivity contribution in [2.75, 3.05) is 40.5 Å². The predicted molar refractivity (Wildman–Crippen MR) is 178 cm³/mol. The number of unbranched alkanes of at least 4 members (excludes halogenated alkanes) is 16. The second-order valence-corrected chi connectivity index (χ2v) is 12.6. The summed E-state index contributed by atoms with van der Waals surface area (Å²) in [6, 6.07) is 0. The highest BCUT2D eigenvalue weighted by atomic mass is 16.5. The maximum Gasteiger partial charge on any atom is 0.139 e. The summed E-state index contributed by atoms with van der Waals surface area (Å²) in [6.45, 7) is 9.97. The average molecular weight is 566 g/mol. The minimum atomic E-state index is 0.123. The van der Waals surface area contributed by atoms with Crippen LogP contribution in [0.1, 0.15) is 156 Å². The lowest BCUT2D eigenvalue weighted by atomic mass is 10.1. The quantitative estimate of drug-likeness (QED) is 0.0393. The van der Waals surface area contributed by atoms with Crippen molar-refractivity contribution in [2.24, 2.45) is 5.73 Å². The molecule has 0 aromatic heterocycles. The van der Waals surface area contributed by atoms with Gasteiger partial charge in [-0.1, -0.05) is 122 Å². The molecule has 0 aromatic rings. The molecule has 0 saturated heterocycles. The van der Waals surface area contributed by atoms with Gasteiger partial charge in [0.1, 0.15) is 18.8 Å². The van der Waals surface area contributed by atoms with Gasteiger partial charge < -0.3 is 14.0 Å². The Morgan fingerprint density at radius 1 is 0.575 bits per heavy atom. The van der Waals surface area contributed by atoms with Crippen molar-refractivity contribution < 1.29 is 14.0 Å². The molecule has 0 saturated carbocycles. The SMILES string of the molecule is CCCCC=CCCCCCCCCOCC(C[N+](C)(C)C(N)CC)OCCCCCCCCC=CCCCC. The van der Waals surface area contributed by atoms with Gasteiger partial charge in [-0.15, -0.1) is 0 Å². The van der Waals surface area contributed by atoms with Crippen molar-refractivity contribution >= 4 is 0 Å². The Bertz CT molecular complexity index is 561. The smallest absolute Gasteiger partial charge is 0.139 e. The van der Waals surface area contributed by atoms with E-state index >= 15 is 0 Å². The summed E-state index contributed by atoms with van der Waals surface area (Å²) >= 11 is 0. The van der Waals surface area contributed by atoms with Gasteiger partial charge in [0.15, 0.2) is 0 Å². The molecule has 2 atom stereocenters. The van der Waals surface area contributed by atoms with E-state index in [-0.39, 0.29) is 12.3 Å². The number of hydrogen-bond acceptors (Lipinski definition) is 3. The number of ether oxygens (including phenoxy) is 2. The second-order valence-electron chi connectivity index (χ2n) is 12.6. The molecular weight excluding hydrogens is 492 g/mol. The molecular formula is C36H73N2O2+. The first-order valence-corrected chi connectivity index (χ1v) is 17.5. The first kappa shape index (κ1) is 39.3. The summed E-state index contributed by atoms with van der Waals surface area (Å²) in [6.07, 6.45) is 36.5. The van der Waals surface area contributed by atoms with Gasteiger partial charge in [-0.3, -0.25) is 5.73 Å². The Labute approximate surface area is 252 Å². The molecule has 238 valence electrons. The van der Waals surface area contributed by atoms with Crippen LogP contribution in [0.5, 0.6) is 0 Å². The summed E-state index contributed by atoms with van der Waals surface area (Å²) < 4.78 is 13.3. The number of quaternary nitrogens is 1. The lowest BCUT2D eigenvalue weighted by molar-refractivity contribution is -0.918. The van der Waals surface area contributed by atoms with E-state index in [0.717, 1.165) is 43.5 Å². The highest BCUT2D eigenvalue weighted by molar-refractivity contribution is 4.81. The first-order chi connectivity index (χ1) is 19.5. The van der Waals surface area contributed by atoms with Crippen LogP contribution in [-0.2, 0) is 9.47 Å². The molecule has 0 spiro atoms. The highest BCUT2D eigenvalue weighted by Crippen LogP contribution is 2.13. The van der Waals surface area contributed by atoms with Crippen molar-refractivity contribution in [3.05, 3.63) is 24.3 Å². The standard InChI is InChI=1S/C36H73N2O2/c1-6-9-11-13-15-17-19-21-23-25-27-29-31-39-34-35(33-38(4,5)36(37)8-3)40-32-30-28-26-24-22-20-18-16-14-12-10-7-2/h13-16,35-36H,6-12,17-34,37H2,1-5H3/q+1. The van der Waals surface area contributed by atoms with E-state index in [2.05, 4.69) is 59.2 Å².